The summed E-state index contributed by atoms with van der Waals surface area (Å²) in [5, 5.41) is 18.9. The van der Waals surface area contributed by atoms with Crippen LogP contribution in [0.2, 0.25) is 0 Å². The minimum absolute atomic E-state index is 0.103. The molecule has 0 aliphatic rings. The standard InChI is InChI=1S/C10H9F3N2O6S/c11-10(12,13)7-5-6(15(18)19)1-2-8(7)22(20,21)14-4-3-9(16)17/h1-2,5,14H,3-4H2,(H,16,17). The molecule has 0 aromatic heterocycles. The van der Waals surface area contributed by atoms with Crippen molar-refractivity contribution in [2.24, 2.45) is 0 Å². The van der Waals surface area contributed by atoms with Crippen LogP contribution in [0.15, 0.2) is 23.1 Å². The maximum Gasteiger partial charge on any atom is 0.417 e. The van der Waals surface area contributed by atoms with Crippen LogP contribution in [-0.4, -0.2) is 31.0 Å². The van der Waals surface area contributed by atoms with Crippen molar-refractivity contribution < 1.29 is 36.4 Å². The molecular weight excluding hydrogens is 333 g/mol. The van der Waals surface area contributed by atoms with Gasteiger partial charge in [0, 0.05) is 18.7 Å². The van der Waals surface area contributed by atoms with E-state index < -0.39 is 56.2 Å². The van der Waals surface area contributed by atoms with Crippen molar-refractivity contribution in [3.05, 3.63) is 33.9 Å². The first-order chi connectivity index (χ1) is 9.95. The third-order valence-corrected chi connectivity index (χ3v) is 3.92. The highest BCUT2D eigenvalue weighted by molar-refractivity contribution is 7.89. The SMILES string of the molecule is O=C(O)CCNS(=O)(=O)c1ccc([N+](=O)[O-])cc1C(F)(F)F. The van der Waals surface area contributed by atoms with E-state index >= 15 is 0 Å². The number of carboxylic acid groups (broad SMARTS) is 1. The van der Waals surface area contributed by atoms with Gasteiger partial charge < -0.3 is 5.11 Å². The highest BCUT2D eigenvalue weighted by Gasteiger charge is 2.38. The van der Waals surface area contributed by atoms with Crippen LogP contribution in [0.4, 0.5) is 18.9 Å². The highest BCUT2D eigenvalue weighted by Crippen LogP contribution is 2.36. The Morgan fingerprint density at radius 3 is 2.41 bits per heavy atom. The number of nitro benzene ring substituents is 1. The fourth-order valence-corrected chi connectivity index (χ4v) is 2.70. The van der Waals surface area contributed by atoms with Crippen LogP contribution in [0.25, 0.3) is 0 Å². The molecule has 122 valence electrons. The average molecular weight is 342 g/mol. The summed E-state index contributed by atoms with van der Waals surface area (Å²) in [4.78, 5) is 18.5. The topological polar surface area (TPSA) is 127 Å². The molecule has 8 nitrogen and oxygen atoms in total. The average Bonchev–Trinajstić information content (AvgIpc) is 2.36. The number of carboxylic acids is 1. The number of nitrogens with zero attached hydrogens (tertiary/aromatic N) is 1. The summed E-state index contributed by atoms with van der Waals surface area (Å²) in [5.74, 6) is -1.34. The molecule has 0 unspecified atom stereocenters. The van der Waals surface area contributed by atoms with E-state index in [0.717, 1.165) is 0 Å². The Morgan fingerprint density at radius 2 is 1.95 bits per heavy atom. The number of aliphatic carboxylic acids is 1. The maximum atomic E-state index is 12.9. The predicted octanol–water partition coefficient (Wildman–Crippen LogP) is 1.37. The van der Waals surface area contributed by atoms with Gasteiger partial charge in [0.15, 0.2) is 0 Å². The van der Waals surface area contributed by atoms with Gasteiger partial charge in [0.25, 0.3) is 5.69 Å². The van der Waals surface area contributed by atoms with Gasteiger partial charge in [-0.05, 0) is 6.07 Å². The summed E-state index contributed by atoms with van der Waals surface area (Å²) in [6, 6.07) is 1.16. The summed E-state index contributed by atoms with van der Waals surface area (Å²) < 4.78 is 63.9. The van der Waals surface area contributed by atoms with Crippen molar-refractivity contribution >= 4 is 21.7 Å². The molecule has 0 heterocycles. The van der Waals surface area contributed by atoms with Crippen LogP contribution in [0.5, 0.6) is 0 Å². The lowest BCUT2D eigenvalue weighted by atomic mass is 10.2. The minimum Gasteiger partial charge on any atom is -0.481 e. The zero-order valence-electron chi connectivity index (χ0n) is 10.6. The number of benzene rings is 1. The van der Waals surface area contributed by atoms with E-state index in [4.69, 9.17) is 5.11 Å². The molecule has 1 aromatic rings. The Hall–Kier alpha value is -2.21. The molecule has 0 spiro atoms. The van der Waals surface area contributed by atoms with E-state index in [1.54, 1.807) is 4.72 Å². The zero-order valence-corrected chi connectivity index (χ0v) is 11.4. The summed E-state index contributed by atoms with van der Waals surface area (Å²) in [6.07, 6.45) is -5.77. The van der Waals surface area contributed by atoms with Gasteiger partial charge in [-0.25, -0.2) is 13.1 Å². The Bertz CT molecular complexity index is 701. The van der Waals surface area contributed by atoms with Crippen molar-refractivity contribution in [2.75, 3.05) is 6.54 Å². The van der Waals surface area contributed by atoms with Crippen LogP contribution in [0.3, 0.4) is 0 Å². The first-order valence-corrected chi connectivity index (χ1v) is 7.00. The molecule has 1 rings (SSSR count). The maximum absolute atomic E-state index is 12.9. The summed E-state index contributed by atoms with van der Waals surface area (Å²) in [6.45, 7) is -0.619. The van der Waals surface area contributed by atoms with E-state index in [0.29, 0.717) is 12.1 Å². The van der Waals surface area contributed by atoms with Gasteiger partial charge in [0.1, 0.15) is 0 Å². The van der Waals surface area contributed by atoms with Gasteiger partial charge in [-0.15, -0.1) is 0 Å². The van der Waals surface area contributed by atoms with Gasteiger partial charge in [-0.3, -0.25) is 14.9 Å². The van der Waals surface area contributed by atoms with E-state index in [2.05, 4.69) is 0 Å². The highest BCUT2D eigenvalue weighted by atomic mass is 32.2. The first kappa shape index (κ1) is 17.8. The largest absolute Gasteiger partial charge is 0.481 e. The van der Waals surface area contributed by atoms with Crippen molar-refractivity contribution in [1.82, 2.24) is 4.72 Å². The number of sulfonamides is 1. The molecule has 22 heavy (non-hydrogen) atoms. The van der Waals surface area contributed by atoms with Gasteiger partial charge in [-0.1, -0.05) is 0 Å². The first-order valence-electron chi connectivity index (χ1n) is 5.52. The zero-order chi connectivity index (χ0) is 17.1. The normalized spacial score (nSPS) is 12.1. The van der Waals surface area contributed by atoms with Crippen LogP contribution < -0.4 is 4.72 Å². The fraction of sp³-hybridized carbons (Fsp3) is 0.300. The minimum atomic E-state index is -5.14. The van der Waals surface area contributed by atoms with Crippen molar-refractivity contribution in [1.29, 1.82) is 0 Å². The van der Waals surface area contributed by atoms with Crippen LogP contribution in [-0.2, 0) is 21.0 Å². The Balaban J connectivity index is 3.28. The molecule has 0 radical (unpaired) electrons. The number of alkyl halides is 3. The second-order valence-electron chi connectivity index (χ2n) is 3.98. The fourth-order valence-electron chi connectivity index (χ4n) is 1.46. The van der Waals surface area contributed by atoms with Crippen molar-refractivity contribution in [2.45, 2.75) is 17.5 Å². The van der Waals surface area contributed by atoms with E-state index in [1.165, 1.54) is 0 Å². The molecule has 12 heteroatoms. The quantitative estimate of drug-likeness (QED) is 0.594. The van der Waals surface area contributed by atoms with Gasteiger partial charge in [0.05, 0.1) is 21.8 Å². The lowest BCUT2D eigenvalue weighted by Gasteiger charge is -2.13. The number of carbonyl (C=O) groups is 1. The van der Waals surface area contributed by atoms with Crippen LogP contribution in [0, 0.1) is 10.1 Å². The predicted molar refractivity (Wildman–Crippen MR) is 65.5 cm³/mol. The third kappa shape index (κ3) is 4.39. The summed E-state index contributed by atoms with van der Waals surface area (Å²) in [7, 11) is -4.67. The van der Waals surface area contributed by atoms with Crippen LogP contribution >= 0.6 is 0 Å². The summed E-state index contributed by atoms with van der Waals surface area (Å²) >= 11 is 0. The van der Waals surface area contributed by atoms with Gasteiger partial charge in [-0.2, -0.15) is 13.2 Å². The molecule has 0 atom stereocenters. The van der Waals surface area contributed by atoms with Gasteiger partial charge in [0.2, 0.25) is 10.0 Å². The van der Waals surface area contributed by atoms with Crippen molar-refractivity contribution in [3.63, 3.8) is 0 Å². The molecule has 1 aromatic carbocycles. The molecule has 2 N–H and O–H groups in total. The Morgan fingerprint density at radius 1 is 1.36 bits per heavy atom. The van der Waals surface area contributed by atoms with E-state index in [1.807, 2.05) is 0 Å². The second-order valence-corrected chi connectivity index (χ2v) is 5.71. The number of rotatable bonds is 6. The smallest absolute Gasteiger partial charge is 0.417 e. The van der Waals surface area contributed by atoms with E-state index in [9.17, 15) is 36.5 Å². The summed E-state index contributed by atoms with van der Waals surface area (Å²) in [5.41, 5.74) is -2.62. The van der Waals surface area contributed by atoms with Crippen LogP contribution in [0.1, 0.15) is 12.0 Å². The third-order valence-electron chi connectivity index (χ3n) is 2.40. The van der Waals surface area contributed by atoms with E-state index in [-0.39, 0.29) is 6.07 Å². The molecule has 0 amide bonds. The molecule has 0 aliphatic heterocycles. The molecule has 0 aliphatic carbocycles. The Labute approximate surface area is 121 Å². The number of hydrogen-bond donors (Lipinski definition) is 2. The molecular formula is C10H9F3N2O6S. The monoisotopic (exact) mass is 342 g/mol. The number of halogens is 3. The number of nitro groups is 1. The molecule has 0 saturated heterocycles. The van der Waals surface area contributed by atoms with Crippen molar-refractivity contribution in [3.8, 4) is 0 Å². The molecule has 0 bridgehead atoms. The number of nitrogens with one attached hydrogen (secondary N) is 1. The number of non-ortho nitro benzene ring substituents is 1. The molecule has 0 saturated carbocycles. The second kappa shape index (κ2) is 6.27. The van der Waals surface area contributed by atoms with Gasteiger partial charge >= 0.3 is 12.1 Å². The lowest BCUT2D eigenvalue weighted by molar-refractivity contribution is -0.385. The molecule has 0 fully saturated rings. The number of hydrogen-bond acceptors (Lipinski definition) is 5. The Kier molecular flexibility index (Phi) is 5.09. The lowest BCUT2D eigenvalue weighted by Crippen LogP contribution is -2.28.